The zero-order valence-electron chi connectivity index (χ0n) is 15.1. The quantitative estimate of drug-likeness (QED) is 0.782. The summed E-state index contributed by atoms with van der Waals surface area (Å²) in [6.45, 7) is 0. The van der Waals surface area contributed by atoms with Gasteiger partial charge in [0.1, 0.15) is 0 Å². The molecule has 0 amide bonds. The van der Waals surface area contributed by atoms with E-state index in [1.54, 1.807) is 0 Å². The number of ether oxygens (including phenoxy) is 2. The van der Waals surface area contributed by atoms with Gasteiger partial charge in [-0.15, -0.1) is 0 Å². The molecule has 3 N–H and O–H groups in total. The minimum Gasteiger partial charge on any atom is -0.317 e. The third-order valence-corrected chi connectivity index (χ3v) is 7.15. The highest BCUT2D eigenvalue weighted by molar-refractivity contribution is 5.95. The van der Waals surface area contributed by atoms with Crippen molar-refractivity contribution in [1.82, 2.24) is 0 Å². The third-order valence-electron chi connectivity index (χ3n) is 7.15. The van der Waals surface area contributed by atoms with Crippen LogP contribution < -0.4 is 10.7 Å². The van der Waals surface area contributed by atoms with Crippen molar-refractivity contribution in [3.8, 4) is 12.1 Å². The fourth-order valence-electron chi connectivity index (χ4n) is 6.00. The predicted octanol–water partition coefficient (Wildman–Crippen LogP) is 0.762. The highest BCUT2D eigenvalue weighted by atomic mass is 16.7. The molecule has 3 aliphatic rings. The summed E-state index contributed by atoms with van der Waals surface area (Å²) in [5.41, 5.74) is 4.82. The Kier molecular flexibility index (Phi) is 3.47. The number of nitrogens with one attached hydrogen (secondary N) is 1. The number of amidine groups is 1. The maximum absolute atomic E-state index is 10.2. The topological polar surface area (TPSA) is 106 Å². The Labute approximate surface area is 153 Å². The highest BCUT2D eigenvalue weighted by Crippen LogP contribution is 2.86. The number of nitrogens with two attached hydrogens (primary N) is 1. The standard InChI is InChI=1S/C20H22N4O2/c1-25-20(26-2)19(13-22)17(18(19,12-21)16(23)24-20)10-8-15(9-11-17)14-6-4-3-5-7-14/h3-7,15H,8-11H2,1-2H3,(H2,23,24)/p+1/t15?,17?,18-,19+/m0/s1. The minimum absolute atomic E-state index is 0.295. The number of methoxy groups -OCH3 is 2. The summed E-state index contributed by atoms with van der Waals surface area (Å²) in [4.78, 5) is 2.97. The van der Waals surface area contributed by atoms with Crippen LogP contribution in [0.25, 0.3) is 0 Å². The molecule has 6 heteroatoms. The maximum atomic E-state index is 10.2. The van der Waals surface area contributed by atoms with Gasteiger partial charge in [0.15, 0.2) is 10.8 Å². The lowest BCUT2D eigenvalue weighted by Crippen LogP contribution is -2.91. The zero-order valence-corrected chi connectivity index (χ0v) is 15.1. The first-order valence-corrected chi connectivity index (χ1v) is 8.93. The number of nitriles is 2. The molecule has 1 spiro atoms. The van der Waals surface area contributed by atoms with Crippen molar-refractivity contribution in [3.05, 3.63) is 35.9 Å². The molecule has 26 heavy (non-hydrogen) atoms. The van der Waals surface area contributed by atoms with Gasteiger partial charge in [-0.3, -0.25) is 5.73 Å². The largest absolute Gasteiger partial charge is 0.342 e. The molecule has 2 aliphatic carbocycles. The van der Waals surface area contributed by atoms with Crippen LogP contribution in [0.4, 0.5) is 0 Å². The SMILES string of the molecule is COC1(OC)[NH+]=C(N)[C@@]2(C#N)C3(CCC(c4ccccc4)CC3)[C@@]12C#N. The lowest BCUT2D eigenvalue weighted by atomic mass is 9.71. The van der Waals surface area contributed by atoms with Gasteiger partial charge < -0.3 is 9.47 Å². The van der Waals surface area contributed by atoms with Crippen LogP contribution in [-0.4, -0.2) is 26.0 Å². The molecule has 2 atom stereocenters. The molecule has 0 aromatic heterocycles. The normalized spacial score (nSPS) is 39.5. The second-order valence-corrected chi connectivity index (χ2v) is 7.55. The predicted molar refractivity (Wildman–Crippen MR) is 93.1 cm³/mol. The second kappa shape index (κ2) is 5.30. The summed E-state index contributed by atoms with van der Waals surface area (Å²) in [5.74, 6) is -0.659. The van der Waals surface area contributed by atoms with Gasteiger partial charge in [-0.2, -0.15) is 10.5 Å². The summed E-state index contributed by atoms with van der Waals surface area (Å²) in [6.07, 6.45) is 3.30. The number of benzene rings is 1. The van der Waals surface area contributed by atoms with E-state index in [2.05, 4.69) is 41.4 Å². The third kappa shape index (κ3) is 1.48. The van der Waals surface area contributed by atoms with Gasteiger partial charge >= 0.3 is 5.91 Å². The van der Waals surface area contributed by atoms with Crippen LogP contribution in [0.5, 0.6) is 0 Å². The van der Waals surface area contributed by atoms with Gasteiger partial charge in [0.05, 0.1) is 12.1 Å². The Hall–Kier alpha value is -2.41. The van der Waals surface area contributed by atoms with E-state index in [0.29, 0.717) is 11.8 Å². The number of hydrogen-bond donors (Lipinski definition) is 2. The van der Waals surface area contributed by atoms with Crippen molar-refractivity contribution < 1.29 is 14.5 Å². The Balaban J connectivity index is 1.74. The summed E-state index contributed by atoms with van der Waals surface area (Å²) in [7, 11) is 2.97. The first-order valence-electron chi connectivity index (χ1n) is 8.93. The van der Waals surface area contributed by atoms with Crippen molar-refractivity contribution in [2.45, 2.75) is 37.5 Å². The molecule has 1 heterocycles. The van der Waals surface area contributed by atoms with E-state index < -0.39 is 22.2 Å². The van der Waals surface area contributed by atoms with Crippen molar-refractivity contribution in [1.29, 1.82) is 10.5 Å². The number of hydrogen-bond acceptors (Lipinski definition) is 5. The van der Waals surface area contributed by atoms with Crippen molar-refractivity contribution in [2.75, 3.05) is 14.2 Å². The Morgan fingerprint density at radius 2 is 1.69 bits per heavy atom. The first-order chi connectivity index (χ1) is 12.5. The van der Waals surface area contributed by atoms with E-state index in [9.17, 15) is 10.5 Å². The van der Waals surface area contributed by atoms with Crippen LogP contribution in [-0.2, 0) is 9.47 Å². The van der Waals surface area contributed by atoms with Crippen LogP contribution in [0, 0.1) is 38.9 Å². The van der Waals surface area contributed by atoms with E-state index in [1.807, 2.05) is 6.07 Å². The molecular formula is C20H23N4O2+. The lowest BCUT2D eigenvalue weighted by Gasteiger charge is -2.36. The maximum Gasteiger partial charge on any atom is 0.342 e. The van der Waals surface area contributed by atoms with E-state index in [1.165, 1.54) is 19.8 Å². The molecule has 2 fully saturated rings. The van der Waals surface area contributed by atoms with Crippen LogP contribution in [0.2, 0.25) is 0 Å². The number of rotatable bonds is 3. The lowest BCUT2D eigenvalue weighted by molar-refractivity contribution is -0.690. The van der Waals surface area contributed by atoms with Gasteiger partial charge in [0, 0.05) is 19.6 Å². The summed E-state index contributed by atoms with van der Waals surface area (Å²) >= 11 is 0. The average molecular weight is 351 g/mol. The molecule has 2 saturated carbocycles. The molecule has 0 radical (unpaired) electrons. The molecule has 1 aromatic carbocycles. The molecule has 1 aromatic rings. The molecule has 1 aliphatic heterocycles. The van der Waals surface area contributed by atoms with Crippen molar-refractivity contribution in [2.24, 2.45) is 22.0 Å². The van der Waals surface area contributed by atoms with Gasteiger partial charge in [0.2, 0.25) is 0 Å². The van der Waals surface area contributed by atoms with Gasteiger partial charge in [0.25, 0.3) is 5.84 Å². The van der Waals surface area contributed by atoms with Crippen LogP contribution in [0.3, 0.4) is 0 Å². The second-order valence-electron chi connectivity index (χ2n) is 7.55. The zero-order chi connectivity index (χ0) is 18.6. The first kappa shape index (κ1) is 17.0. The monoisotopic (exact) mass is 351 g/mol. The molecule has 0 saturated heterocycles. The smallest absolute Gasteiger partial charge is 0.317 e. The fourth-order valence-corrected chi connectivity index (χ4v) is 6.00. The Morgan fingerprint density at radius 1 is 1.08 bits per heavy atom. The van der Waals surface area contributed by atoms with Gasteiger partial charge in [-0.1, -0.05) is 30.3 Å². The molecule has 4 rings (SSSR count). The van der Waals surface area contributed by atoms with E-state index in [-0.39, 0.29) is 0 Å². The van der Waals surface area contributed by atoms with Crippen molar-refractivity contribution in [3.63, 3.8) is 0 Å². The minimum atomic E-state index is -1.39. The van der Waals surface area contributed by atoms with Gasteiger partial charge in [-0.25, -0.2) is 4.99 Å². The van der Waals surface area contributed by atoms with Crippen LogP contribution in [0.15, 0.2) is 30.3 Å². The molecule has 134 valence electrons. The summed E-state index contributed by atoms with van der Waals surface area (Å²) < 4.78 is 11.2. The Bertz CT molecular complexity index is 841. The molecule has 0 bridgehead atoms. The van der Waals surface area contributed by atoms with Gasteiger partial charge in [-0.05, 0) is 37.2 Å². The molecule has 6 nitrogen and oxygen atoms in total. The van der Waals surface area contributed by atoms with Crippen LogP contribution in [0.1, 0.15) is 37.2 Å². The Morgan fingerprint density at radius 3 is 2.19 bits per heavy atom. The summed E-state index contributed by atoms with van der Waals surface area (Å²) in [6, 6.07) is 15.2. The molecule has 0 unspecified atom stereocenters. The van der Waals surface area contributed by atoms with Crippen LogP contribution >= 0.6 is 0 Å². The summed E-state index contributed by atoms with van der Waals surface area (Å²) in [5, 5.41) is 20.3. The van der Waals surface area contributed by atoms with E-state index >= 15 is 0 Å². The van der Waals surface area contributed by atoms with Crippen molar-refractivity contribution >= 4 is 5.84 Å². The molecular weight excluding hydrogens is 328 g/mol. The highest BCUT2D eigenvalue weighted by Gasteiger charge is 3.03. The van der Waals surface area contributed by atoms with E-state index in [0.717, 1.165) is 25.7 Å². The van der Waals surface area contributed by atoms with E-state index in [4.69, 9.17) is 15.2 Å². The number of fused-ring (bicyclic) bond motifs is 3. The fraction of sp³-hybridized carbons (Fsp3) is 0.550. The average Bonchev–Trinajstić information content (AvgIpc) is 3.11. The number of nitrogens with zero attached hydrogens (tertiary/aromatic N) is 2.